The molecule has 2 aromatic rings. The van der Waals surface area contributed by atoms with Crippen molar-refractivity contribution in [2.75, 3.05) is 0 Å². The molecule has 4 nitrogen and oxygen atoms in total. The van der Waals surface area contributed by atoms with Gasteiger partial charge in [-0.25, -0.2) is 4.79 Å². The van der Waals surface area contributed by atoms with E-state index in [2.05, 4.69) is 0 Å². The molecule has 0 aliphatic carbocycles. The third kappa shape index (κ3) is 4.84. The summed E-state index contributed by atoms with van der Waals surface area (Å²) in [4.78, 5) is 22.8. The van der Waals surface area contributed by atoms with Crippen LogP contribution in [0.5, 0.6) is 0 Å². The van der Waals surface area contributed by atoms with Crippen LogP contribution in [-0.2, 0) is 16.1 Å². The maximum absolute atomic E-state index is 11.7. The maximum Gasteiger partial charge on any atom is 0.331 e. The Morgan fingerprint density at radius 3 is 2.39 bits per heavy atom. The molecule has 0 aromatic heterocycles. The minimum absolute atomic E-state index is 0.0283. The van der Waals surface area contributed by atoms with E-state index in [1.165, 1.54) is 12.2 Å². The first kappa shape index (κ1) is 17.1. The maximum atomic E-state index is 11.7. The molecule has 0 saturated carbocycles. The number of esters is 1. The Morgan fingerprint density at radius 2 is 1.74 bits per heavy atom. The molecule has 1 amide bonds. The molecule has 0 aliphatic rings. The number of halogens is 2. The molecule has 0 radical (unpaired) electrons. The highest BCUT2D eigenvalue weighted by molar-refractivity contribution is 6.37. The van der Waals surface area contributed by atoms with E-state index >= 15 is 0 Å². The Labute approximate surface area is 143 Å². The topological polar surface area (TPSA) is 69.4 Å². The third-order valence-corrected chi connectivity index (χ3v) is 3.64. The van der Waals surface area contributed by atoms with Crippen LogP contribution in [0.2, 0.25) is 10.0 Å². The summed E-state index contributed by atoms with van der Waals surface area (Å²) in [5.41, 5.74) is 6.76. The lowest BCUT2D eigenvalue weighted by atomic mass is 10.1. The van der Waals surface area contributed by atoms with Crippen molar-refractivity contribution in [3.05, 3.63) is 75.3 Å². The molecule has 0 bridgehead atoms. The van der Waals surface area contributed by atoms with Gasteiger partial charge in [-0.05, 0) is 35.9 Å². The number of carbonyl (C=O) groups excluding carboxylic acids is 2. The SMILES string of the molecule is NC(=O)c1cccc(COC(=O)/C=C/c2c(Cl)cccc2Cl)c1. The van der Waals surface area contributed by atoms with Crippen LogP contribution >= 0.6 is 23.2 Å². The van der Waals surface area contributed by atoms with Gasteiger partial charge >= 0.3 is 5.97 Å². The highest BCUT2D eigenvalue weighted by Crippen LogP contribution is 2.25. The molecule has 0 saturated heterocycles. The van der Waals surface area contributed by atoms with E-state index < -0.39 is 11.9 Å². The summed E-state index contributed by atoms with van der Waals surface area (Å²) in [7, 11) is 0. The van der Waals surface area contributed by atoms with Crippen LogP contribution in [0, 0.1) is 0 Å². The van der Waals surface area contributed by atoms with E-state index in [0.29, 0.717) is 26.7 Å². The lowest BCUT2D eigenvalue weighted by Crippen LogP contribution is -2.11. The summed E-state index contributed by atoms with van der Waals surface area (Å²) in [5.74, 6) is -1.09. The highest BCUT2D eigenvalue weighted by atomic mass is 35.5. The average Bonchev–Trinajstić information content (AvgIpc) is 2.52. The molecule has 2 N–H and O–H groups in total. The Balaban J connectivity index is 1.99. The molecule has 0 heterocycles. The first-order valence-electron chi connectivity index (χ1n) is 6.65. The lowest BCUT2D eigenvalue weighted by molar-refractivity contribution is -0.138. The molecule has 0 aliphatic heterocycles. The van der Waals surface area contributed by atoms with Crippen molar-refractivity contribution in [2.24, 2.45) is 5.73 Å². The molecule has 23 heavy (non-hydrogen) atoms. The molecule has 2 aromatic carbocycles. The number of rotatable bonds is 5. The monoisotopic (exact) mass is 349 g/mol. The molecule has 6 heteroatoms. The highest BCUT2D eigenvalue weighted by Gasteiger charge is 2.05. The van der Waals surface area contributed by atoms with E-state index in [0.717, 1.165) is 0 Å². The van der Waals surface area contributed by atoms with Crippen LogP contribution in [0.25, 0.3) is 6.08 Å². The van der Waals surface area contributed by atoms with Crippen LogP contribution < -0.4 is 5.73 Å². The smallest absolute Gasteiger partial charge is 0.331 e. The zero-order chi connectivity index (χ0) is 16.8. The van der Waals surface area contributed by atoms with Crippen molar-refractivity contribution < 1.29 is 14.3 Å². The van der Waals surface area contributed by atoms with Crippen molar-refractivity contribution >= 4 is 41.2 Å². The zero-order valence-electron chi connectivity index (χ0n) is 12.0. The van der Waals surface area contributed by atoms with Gasteiger partial charge in [0.15, 0.2) is 0 Å². The van der Waals surface area contributed by atoms with Crippen molar-refractivity contribution in [2.45, 2.75) is 6.61 Å². The van der Waals surface area contributed by atoms with Crippen LogP contribution in [0.3, 0.4) is 0 Å². The Bertz CT molecular complexity index is 752. The van der Waals surface area contributed by atoms with E-state index in [-0.39, 0.29) is 6.61 Å². The van der Waals surface area contributed by atoms with E-state index in [1.807, 2.05) is 0 Å². The zero-order valence-corrected chi connectivity index (χ0v) is 13.5. The summed E-state index contributed by atoms with van der Waals surface area (Å²) in [5, 5.41) is 0.881. The van der Waals surface area contributed by atoms with Gasteiger partial charge in [0.25, 0.3) is 0 Å². The number of hydrogen-bond donors (Lipinski definition) is 1. The average molecular weight is 350 g/mol. The van der Waals surface area contributed by atoms with E-state index in [4.69, 9.17) is 33.7 Å². The van der Waals surface area contributed by atoms with Crippen molar-refractivity contribution in [1.29, 1.82) is 0 Å². The summed E-state index contributed by atoms with van der Waals surface area (Å²) >= 11 is 12.0. The standard InChI is InChI=1S/C17H13Cl2NO3/c18-14-5-2-6-15(19)13(14)7-8-16(21)23-10-11-3-1-4-12(9-11)17(20)22/h1-9H,10H2,(H2,20,22)/b8-7+. The number of amides is 1. The Hall–Kier alpha value is -2.30. The van der Waals surface area contributed by atoms with Crippen LogP contribution in [0.4, 0.5) is 0 Å². The summed E-state index contributed by atoms with van der Waals surface area (Å²) in [6, 6.07) is 11.6. The van der Waals surface area contributed by atoms with Gasteiger partial charge in [-0.1, -0.05) is 41.4 Å². The second kappa shape index (κ2) is 7.81. The van der Waals surface area contributed by atoms with Gasteiger partial charge in [0, 0.05) is 27.2 Å². The van der Waals surface area contributed by atoms with Gasteiger partial charge in [-0.2, -0.15) is 0 Å². The number of benzene rings is 2. The summed E-state index contributed by atoms with van der Waals surface area (Å²) in [6.45, 7) is 0.0283. The van der Waals surface area contributed by atoms with Crippen LogP contribution in [0.15, 0.2) is 48.5 Å². The first-order valence-corrected chi connectivity index (χ1v) is 7.40. The van der Waals surface area contributed by atoms with Gasteiger partial charge in [0.2, 0.25) is 5.91 Å². The lowest BCUT2D eigenvalue weighted by Gasteiger charge is -2.04. The second-order valence-corrected chi connectivity index (χ2v) is 5.46. The van der Waals surface area contributed by atoms with Gasteiger partial charge in [0.05, 0.1) is 0 Å². The fraction of sp³-hybridized carbons (Fsp3) is 0.0588. The molecule has 0 fully saturated rings. The molecule has 0 unspecified atom stereocenters. The van der Waals surface area contributed by atoms with Crippen molar-refractivity contribution in [3.63, 3.8) is 0 Å². The Morgan fingerprint density at radius 1 is 1.09 bits per heavy atom. The Kier molecular flexibility index (Phi) is 5.79. The predicted octanol–water partition coefficient (Wildman–Crippen LogP) is 3.85. The van der Waals surface area contributed by atoms with Crippen molar-refractivity contribution in [1.82, 2.24) is 0 Å². The molecular formula is C17H13Cl2NO3. The van der Waals surface area contributed by atoms with Gasteiger partial charge in [0.1, 0.15) is 6.61 Å². The largest absolute Gasteiger partial charge is 0.458 e. The second-order valence-electron chi connectivity index (χ2n) is 4.64. The van der Waals surface area contributed by atoms with Crippen LogP contribution in [-0.4, -0.2) is 11.9 Å². The van der Waals surface area contributed by atoms with Gasteiger partial charge < -0.3 is 10.5 Å². The number of carbonyl (C=O) groups is 2. The number of primary amides is 1. The van der Waals surface area contributed by atoms with Gasteiger partial charge in [-0.3, -0.25) is 4.79 Å². The third-order valence-electron chi connectivity index (χ3n) is 2.98. The number of nitrogens with two attached hydrogens (primary N) is 1. The van der Waals surface area contributed by atoms with Crippen LogP contribution in [0.1, 0.15) is 21.5 Å². The number of hydrogen-bond acceptors (Lipinski definition) is 3. The van der Waals surface area contributed by atoms with E-state index in [1.54, 1.807) is 42.5 Å². The van der Waals surface area contributed by atoms with Gasteiger partial charge in [-0.15, -0.1) is 0 Å². The fourth-order valence-corrected chi connectivity index (χ4v) is 2.36. The molecule has 0 spiro atoms. The van der Waals surface area contributed by atoms with Crippen molar-refractivity contribution in [3.8, 4) is 0 Å². The normalized spacial score (nSPS) is 10.7. The molecular weight excluding hydrogens is 337 g/mol. The minimum Gasteiger partial charge on any atom is -0.458 e. The minimum atomic E-state index is -0.550. The predicted molar refractivity (Wildman–Crippen MR) is 90.3 cm³/mol. The first-order chi connectivity index (χ1) is 11.0. The molecule has 118 valence electrons. The van der Waals surface area contributed by atoms with E-state index in [9.17, 15) is 9.59 Å². The quantitative estimate of drug-likeness (QED) is 0.658. The number of ether oxygens (including phenoxy) is 1. The molecule has 0 atom stereocenters. The summed E-state index contributed by atoms with van der Waals surface area (Å²) in [6.07, 6.45) is 2.73. The molecule has 2 rings (SSSR count). The summed E-state index contributed by atoms with van der Waals surface area (Å²) < 4.78 is 5.10. The fourth-order valence-electron chi connectivity index (χ4n) is 1.84.